The zero-order valence-electron chi connectivity index (χ0n) is 13.9. The fourth-order valence-corrected chi connectivity index (χ4v) is 2.94. The first-order chi connectivity index (χ1) is 11.5. The number of pyridine rings is 1. The van der Waals surface area contributed by atoms with Gasteiger partial charge in [0.25, 0.3) is 5.91 Å². The van der Waals surface area contributed by atoms with Crippen LogP contribution in [-0.4, -0.2) is 53.9 Å². The average molecular weight is 325 g/mol. The predicted octanol–water partition coefficient (Wildman–Crippen LogP) is 1.18. The largest absolute Gasteiger partial charge is 0.383 e. The molecule has 1 aliphatic heterocycles. The van der Waals surface area contributed by atoms with Crippen LogP contribution in [0, 0.1) is 0 Å². The Kier molecular flexibility index (Phi) is 4.78. The second kappa shape index (κ2) is 6.98. The van der Waals surface area contributed by atoms with Crippen molar-refractivity contribution in [1.82, 2.24) is 14.8 Å². The Balaban J connectivity index is 1.80. The molecule has 0 spiro atoms. The van der Waals surface area contributed by atoms with E-state index in [0.29, 0.717) is 0 Å². The molecule has 1 aliphatic rings. The maximum Gasteiger partial charge on any atom is 0.252 e. The van der Waals surface area contributed by atoms with Crippen molar-refractivity contribution in [2.45, 2.75) is 6.54 Å². The van der Waals surface area contributed by atoms with Gasteiger partial charge in [0.2, 0.25) is 0 Å². The van der Waals surface area contributed by atoms with Gasteiger partial charge in [-0.1, -0.05) is 18.2 Å². The molecule has 0 bridgehead atoms. The molecule has 0 saturated carbocycles. The van der Waals surface area contributed by atoms with E-state index in [2.05, 4.69) is 34.0 Å². The van der Waals surface area contributed by atoms with E-state index in [4.69, 9.17) is 11.5 Å². The number of amides is 1. The number of carbonyl (C=O) groups excluding carboxylic acids is 1. The maximum atomic E-state index is 11.5. The summed E-state index contributed by atoms with van der Waals surface area (Å²) in [5.41, 5.74) is 14.4. The number of aromatic nitrogens is 1. The summed E-state index contributed by atoms with van der Waals surface area (Å²) < 4.78 is 0. The molecule has 0 radical (unpaired) electrons. The topological polar surface area (TPSA) is 88.5 Å². The number of nitrogens with zero attached hydrogens (tertiary/aromatic N) is 3. The van der Waals surface area contributed by atoms with Gasteiger partial charge >= 0.3 is 0 Å². The van der Waals surface area contributed by atoms with E-state index in [1.807, 2.05) is 12.1 Å². The minimum atomic E-state index is -0.560. The summed E-state index contributed by atoms with van der Waals surface area (Å²) in [7, 11) is 2.16. The zero-order chi connectivity index (χ0) is 17.1. The van der Waals surface area contributed by atoms with E-state index >= 15 is 0 Å². The van der Waals surface area contributed by atoms with Crippen molar-refractivity contribution >= 4 is 11.7 Å². The first-order valence-corrected chi connectivity index (χ1v) is 8.08. The Labute approximate surface area is 142 Å². The number of nitrogen functional groups attached to an aromatic ring is 1. The Morgan fingerprint density at radius 1 is 1.17 bits per heavy atom. The molecule has 1 aromatic heterocycles. The normalized spacial score (nSPS) is 16.2. The fourth-order valence-electron chi connectivity index (χ4n) is 2.94. The van der Waals surface area contributed by atoms with Gasteiger partial charge < -0.3 is 16.4 Å². The molecule has 126 valence electrons. The van der Waals surface area contributed by atoms with Crippen molar-refractivity contribution in [2.24, 2.45) is 5.73 Å². The highest BCUT2D eigenvalue weighted by atomic mass is 16.1. The highest BCUT2D eigenvalue weighted by Crippen LogP contribution is 2.23. The van der Waals surface area contributed by atoms with Crippen LogP contribution in [0.25, 0.3) is 11.1 Å². The first-order valence-electron chi connectivity index (χ1n) is 8.08. The molecule has 6 heteroatoms. The number of benzene rings is 1. The number of likely N-dealkylation sites (N-methyl/N-ethyl adjacent to an activating group) is 1. The highest BCUT2D eigenvalue weighted by molar-refractivity contribution is 5.98. The molecular formula is C18H23N5O. The van der Waals surface area contributed by atoms with Crippen LogP contribution in [-0.2, 0) is 6.54 Å². The van der Waals surface area contributed by atoms with Crippen molar-refractivity contribution in [1.29, 1.82) is 0 Å². The van der Waals surface area contributed by atoms with Crippen LogP contribution < -0.4 is 11.5 Å². The molecule has 24 heavy (non-hydrogen) atoms. The van der Waals surface area contributed by atoms with Crippen molar-refractivity contribution in [3.05, 3.63) is 47.7 Å². The molecule has 3 rings (SSSR count). The summed E-state index contributed by atoms with van der Waals surface area (Å²) in [5, 5.41) is 0. The summed E-state index contributed by atoms with van der Waals surface area (Å²) in [6.07, 6.45) is 1.68. The smallest absolute Gasteiger partial charge is 0.252 e. The lowest BCUT2D eigenvalue weighted by atomic mass is 10.0. The van der Waals surface area contributed by atoms with E-state index in [1.165, 1.54) is 5.56 Å². The van der Waals surface area contributed by atoms with Gasteiger partial charge in [-0.3, -0.25) is 9.69 Å². The number of primary amides is 1. The van der Waals surface area contributed by atoms with Crippen molar-refractivity contribution in [2.75, 3.05) is 39.0 Å². The minimum Gasteiger partial charge on any atom is -0.383 e. The molecule has 6 nitrogen and oxygen atoms in total. The number of hydrogen-bond acceptors (Lipinski definition) is 5. The molecule has 0 unspecified atom stereocenters. The number of anilines is 1. The molecule has 0 aliphatic carbocycles. The van der Waals surface area contributed by atoms with Gasteiger partial charge in [0.1, 0.15) is 5.82 Å². The molecule has 4 N–H and O–H groups in total. The molecule has 0 atom stereocenters. The van der Waals surface area contributed by atoms with Crippen molar-refractivity contribution < 1.29 is 4.79 Å². The van der Waals surface area contributed by atoms with Crippen LogP contribution in [0.4, 0.5) is 5.82 Å². The number of rotatable bonds is 4. The van der Waals surface area contributed by atoms with E-state index in [-0.39, 0.29) is 11.4 Å². The molecule has 1 amide bonds. The Bertz CT molecular complexity index is 738. The van der Waals surface area contributed by atoms with Crippen LogP contribution in [0.5, 0.6) is 0 Å². The van der Waals surface area contributed by atoms with E-state index in [9.17, 15) is 4.79 Å². The lowest BCUT2D eigenvalue weighted by Crippen LogP contribution is -2.43. The maximum absolute atomic E-state index is 11.5. The SMILES string of the molecule is CN1CCN(Cc2cccc(-c3cnc(N)c(C(N)=O)c3)c2)CC1. The molecule has 2 aromatic rings. The van der Waals surface area contributed by atoms with Crippen molar-refractivity contribution in [3.8, 4) is 11.1 Å². The summed E-state index contributed by atoms with van der Waals surface area (Å²) in [6, 6.07) is 10.0. The Morgan fingerprint density at radius 3 is 2.62 bits per heavy atom. The summed E-state index contributed by atoms with van der Waals surface area (Å²) >= 11 is 0. The van der Waals surface area contributed by atoms with Crippen LogP contribution >= 0.6 is 0 Å². The standard InChI is InChI=1S/C18H23N5O/c1-22-5-7-23(8-6-22)12-13-3-2-4-14(9-13)15-10-16(18(20)24)17(19)21-11-15/h2-4,9-11H,5-8,12H2,1H3,(H2,19,21)(H2,20,24). The molecule has 2 heterocycles. The lowest BCUT2D eigenvalue weighted by Gasteiger charge is -2.32. The summed E-state index contributed by atoms with van der Waals surface area (Å²) in [4.78, 5) is 20.3. The van der Waals surface area contributed by atoms with Crippen LogP contribution in [0.1, 0.15) is 15.9 Å². The van der Waals surface area contributed by atoms with Gasteiger partial charge in [-0.2, -0.15) is 0 Å². The number of nitrogens with two attached hydrogens (primary N) is 2. The Morgan fingerprint density at radius 2 is 1.92 bits per heavy atom. The third kappa shape index (κ3) is 3.72. The van der Waals surface area contributed by atoms with Gasteiger partial charge in [-0.05, 0) is 30.3 Å². The minimum absolute atomic E-state index is 0.167. The fraction of sp³-hybridized carbons (Fsp3) is 0.333. The number of piperazine rings is 1. The quantitative estimate of drug-likeness (QED) is 0.881. The van der Waals surface area contributed by atoms with Gasteiger partial charge in [0.15, 0.2) is 0 Å². The first kappa shape index (κ1) is 16.4. The summed E-state index contributed by atoms with van der Waals surface area (Å²) in [5.74, 6) is -0.393. The van der Waals surface area contributed by atoms with Gasteiger partial charge in [0.05, 0.1) is 5.56 Å². The van der Waals surface area contributed by atoms with Gasteiger partial charge in [0, 0.05) is 44.5 Å². The molecule has 1 fully saturated rings. The zero-order valence-corrected chi connectivity index (χ0v) is 13.9. The van der Waals surface area contributed by atoms with Gasteiger partial charge in [-0.25, -0.2) is 4.98 Å². The average Bonchev–Trinajstić information content (AvgIpc) is 2.57. The molecule has 1 aromatic carbocycles. The van der Waals surface area contributed by atoms with E-state index in [0.717, 1.165) is 43.9 Å². The second-order valence-electron chi connectivity index (χ2n) is 6.30. The van der Waals surface area contributed by atoms with Crippen LogP contribution in [0.15, 0.2) is 36.5 Å². The summed E-state index contributed by atoms with van der Waals surface area (Å²) in [6.45, 7) is 5.28. The third-order valence-corrected chi connectivity index (χ3v) is 4.45. The highest BCUT2D eigenvalue weighted by Gasteiger charge is 2.14. The number of hydrogen-bond donors (Lipinski definition) is 2. The van der Waals surface area contributed by atoms with Crippen molar-refractivity contribution in [3.63, 3.8) is 0 Å². The van der Waals surface area contributed by atoms with Crippen LogP contribution in [0.2, 0.25) is 0 Å². The van der Waals surface area contributed by atoms with E-state index in [1.54, 1.807) is 12.3 Å². The third-order valence-electron chi connectivity index (χ3n) is 4.45. The lowest BCUT2D eigenvalue weighted by molar-refractivity contribution is 0.100. The second-order valence-corrected chi connectivity index (χ2v) is 6.30. The Hall–Kier alpha value is -2.44. The van der Waals surface area contributed by atoms with Crippen LogP contribution in [0.3, 0.4) is 0 Å². The van der Waals surface area contributed by atoms with Gasteiger partial charge in [-0.15, -0.1) is 0 Å². The van der Waals surface area contributed by atoms with E-state index < -0.39 is 5.91 Å². The monoisotopic (exact) mass is 325 g/mol. The molecular weight excluding hydrogens is 302 g/mol. The predicted molar refractivity (Wildman–Crippen MR) is 95.4 cm³/mol. The molecule has 1 saturated heterocycles. The number of carbonyl (C=O) groups is 1.